The summed E-state index contributed by atoms with van der Waals surface area (Å²) < 4.78 is 39.0. The number of ether oxygens (including phenoxy) is 2. The van der Waals surface area contributed by atoms with Crippen molar-refractivity contribution in [2.45, 2.75) is 0 Å². The van der Waals surface area contributed by atoms with Crippen LogP contribution in [0.2, 0.25) is 0 Å². The molecule has 4 aromatic rings. The van der Waals surface area contributed by atoms with Crippen molar-refractivity contribution in [3.8, 4) is 17.0 Å². The van der Waals surface area contributed by atoms with Crippen LogP contribution in [0.15, 0.2) is 55.0 Å². The maximum atomic E-state index is 14.2. The van der Waals surface area contributed by atoms with Crippen LogP contribution in [0, 0.1) is 11.6 Å². The summed E-state index contributed by atoms with van der Waals surface area (Å²) in [6, 6.07) is 11.7. The van der Waals surface area contributed by atoms with E-state index >= 15 is 0 Å². The molecule has 0 unspecified atom stereocenters. The highest BCUT2D eigenvalue weighted by Crippen LogP contribution is 2.33. The molecule has 186 valence electrons. The summed E-state index contributed by atoms with van der Waals surface area (Å²) in [5, 5.41) is 7.26. The lowest BCUT2D eigenvalue weighted by Crippen LogP contribution is -2.38. The number of nitrogens with zero attached hydrogens (tertiary/aromatic N) is 4. The minimum Gasteiger partial charge on any atom is -0.490 e. The molecule has 0 amide bonds. The average molecular weight is 493 g/mol. The lowest BCUT2D eigenvalue weighted by molar-refractivity contribution is 0.0323. The van der Waals surface area contributed by atoms with Gasteiger partial charge in [0, 0.05) is 55.5 Å². The quantitative estimate of drug-likeness (QED) is 0.373. The highest BCUT2D eigenvalue weighted by Gasteiger charge is 2.14. The maximum absolute atomic E-state index is 14.2. The molecule has 0 spiro atoms. The molecule has 0 bridgehead atoms. The molecule has 0 aliphatic carbocycles. The second-order valence-corrected chi connectivity index (χ2v) is 8.33. The molecule has 2 aromatic carbocycles. The third kappa shape index (κ3) is 5.34. The van der Waals surface area contributed by atoms with Gasteiger partial charge in [0.15, 0.2) is 5.82 Å². The second-order valence-electron chi connectivity index (χ2n) is 8.33. The van der Waals surface area contributed by atoms with E-state index in [4.69, 9.17) is 9.47 Å². The zero-order valence-corrected chi connectivity index (χ0v) is 19.8. The van der Waals surface area contributed by atoms with Crippen molar-refractivity contribution >= 4 is 28.1 Å². The van der Waals surface area contributed by atoms with E-state index in [-0.39, 0.29) is 5.69 Å². The van der Waals surface area contributed by atoms with Crippen molar-refractivity contribution in [3.05, 3.63) is 66.6 Å². The first-order valence-corrected chi connectivity index (χ1v) is 11.7. The van der Waals surface area contributed by atoms with Gasteiger partial charge in [-0.2, -0.15) is 0 Å². The number of anilines is 3. The summed E-state index contributed by atoms with van der Waals surface area (Å²) in [5.74, 6) is -0.147. The van der Waals surface area contributed by atoms with Crippen LogP contribution in [0.1, 0.15) is 0 Å². The van der Waals surface area contributed by atoms with Crippen molar-refractivity contribution in [2.75, 3.05) is 57.1 Å². The first kappa shape index (κ1) is 23.8. The zero-order chi connectivity index (χ0) is 24.9. The number of nitrogens with one attached hydrogen (secondary N) is 2. The number of morpholine rings is 1. The molecule has 1 saturated heterocycles. The molecule has 5 rings (SSSR count). The van der Waals surface area contributed by atoms with Gasteiger partial charge >= 0.3 is 0 Å². The topological polar surface area (TPSA) is 84.4 Å². The van der Waals surface area contributed by atoms with Crippen molar-refractivity contribution in [3.63, 3.8) is 0 Å². The number of halogens is 2. The molecule has 10 heteroatoms. The Balaban J connectivity index is 1.37. The van der Waals surface area contributed by atoms with Gasteiger partial charge in [-0.15, -0.1) is 0 Å². The Hall–Kier alpha value is -3.89. The molecule has 2 N–H and O–H groups in total. The van der Waals surface area contributed by atoms with Crippen LogP contribution < -0.4 is 15.4 Å². The van der Waals surface area contributed by atoms with E-state index in [1.54, 1.807) is 18.2 Å². The molecule has 3 heterocycles. The monoisotopic (exact) mass is 492 g/mol. The van der Waals surface area contributed by atoms with Gasteiger partial charge in [-0.1, -0.05) is 12.1 Å². The van der Waals surface area contributed by atoms with E-state index in [2.05, 4.69) is 30.5 Å². The molecule has 0 atom stereocenters. The first-order valence-electron chi connectivity index (χ1n) is 11.7. The van der Waals surface area contributed by atoms with Crippen LogP contribution in [0.3, 0.4) is 0 Å². The third-order valence-corrected chi connectivity index (χ3v) is 5.98. The number of hydrogen-bond donors (Lipinski definition) is 2. The van der Waals surface area contributed by atoms with Crippen molar-refractivity contribution in [2.24, 2.45) is 0 Å². The third-order valence-electron chi connectivity index (χ3n) is 5.98. The van der Waals surface area contributed by atoms with Gasteiger partial charge in [-0.05, 0) is 18.2 Å². The van der Waals surface area contributed by atoms with Gasteiger partial charge in [0.05, 0.1) is 30.6 Å². The zero-order valence-electron chi connectivity index (χ0n) is 19.8. The summed E-state index contributed by atoms with van der Waals surface area (Å²) in [7, 11) is 1.83. The molecular formula is C26H26F2N6O2. The van der Waals surface area contributed by atoms with Crippen LogP contribution in [0.4, 0.5) is 26.0 Å². The van der Waals surface area contributed by atoms with Crippen molar-refractivity contribution in [1.29, 1.82) is 0 Å². The number of fused-ring (bicyclic) bond motifs is 1. The fraction of sp³-hybridized carbons (Fsp3) is 0.269. The summed E-state index contributed by atoms with van der Waals surface area (Å²) in [6.07, 6.45) is 2.47. The highest BCUT2D eigenvalue weighted by atomic mass is 19.1. The van der Waals surface area contributed by atoms with Crippen molar-refractivity contribution < 1.29 is 18.3 Å². The van der Waals surface area contributed by atoms with E-state index in [0.717, 1.165) is 61.7 Å². The van der Waals surface area contributed by atoms with Gasteiger partial charge < -0.3 is 20.1 Å². The fourth-order valence-electron chi connectivity index (χ4n) is 4.12. The van der Waals surface area contributed by atoms with E-state index in [0.29, 0.717) is 29.4 Å². The van der Waals surface area contributed by atoms with E-state index in [1.807, 2.05) is 25.2 Å². The summed E-state index contributed by atoms with van der Waals surface area (Å²) in [6.45, 7) is 4.70. The number of hydrogen-bond acceptors (Lipinski definition) is 8. The Morgan fingerprint density at radius 1 is 1.06 bits per heavy atom. The SMILES string of the molecule is CNc1cc2c(Nc3cccc(-c4ncc(F)cc4F)c3)ncnc2cc1OCCN1CCOCC1. The first-order chi connectivity index (χ1) is 17.6. The van der Waals surface area contributed by atoms with Gasteiger partial charge in [-0.3, -0.25) is 9.88 Å². The maximum Gasteiger partial charge on any atom is 0.152 e. The van der Waals surface area contributed by atoms with Crippen LogP contribution in [0.25, 0.3) is 22.2 Å². The van der Waals surface area contributed by atoms with E-state index in [1.165, 1.54) is 6.33 Å². The fourth-order valence-corrected chi connectivity index (χ4v) is 4.12. The average Bonchev–Trinajstić information content (AvgIpc) is 2.89. The Bertz CT molecular complexity index is 1360. The lowest BCUT2D eigenvalue weighted by Gasteiger charge is -2.26. The standard InChI is InChI=1S/C26H26F2N6O2/c1-29-23-13-20-22(14-24(23)36-10-7-34-5-8-35-9-6-34)31-16-32-26(20)33-19-4-2-3-17(11-19)25-21(28)12-18(27)15-30-25/h2-4,11-16,29H,5-10H2,1H3,(H,31,32,33). The van der Waals surface area contributed by atoms with Crippen molar-refractivity contribution in [1.82, 2.24) is 19.9 Å². The van der Waals surface area contributed by atoms with Crippen LogP contribution in [-0.4, -0.2) is 66.4 Å². The Labute approximate surface area is 207 Å². The Kier molecular flexibility index (Phi) is 7.15. The minimum atomic E-state index is -0.723. The predicted molar refractivity (Wildman–Crippen MR) is 135 cm³/mol. The van der Waals surface area contributed by atoms with E-state index in [9.17, 15) is 8.78 Å². The van der Waals surface area contributed by atoms with Crippen LogP contribution >= 0.6 is 0 Å². The van der Waals surface area contributed by atoms with Gasteiger partial charge in [0.1, 0.15) is 36.0 Å². The predicted octanol–water partition coefficient (Wildman–Crippen LogP) is 4.47. The largest absolute Gasteiger partial charge is 0.490 e. The Morgan fingerprint density at radius 2 is 1.92 bits per heavy atom. The van der Waals surface area contributed by atoms with Crippen LogP contribution in [-0.2, 0) is 4.74 Å². The number of benzene rings is 2. The van der Waals surface area contributed by atoms with Gasteiger partial charge in [0.25, 0.3) is 0 Å². The smallest absolute Gasteiger partial charge is 0.152 e. The second kappa shape index (κ2) is 10.8. The molecule has 36 heavy (non-hydrogen) atoms. The lowest BCUT2D eigenvalue weighted by atomic mass is 10.1. The number of aromatic nitrogens is 3. The molecule has 2 aromatic heterocycles. The normalized spacial score (nSPS) is 14.1. The molecule has 1 fully saturated rings. The molecular weight excluding hydrogens is 466 g/mol. The van der Waals surface area contributed by atoms with E-state index < -0.39 is 11.6 Å². The van der Waals surface area contributed by atoms with Gasteiger partial charge in [0.2, 0.25) is 0 Å². The summed E-state index contributed by atoms with van der Waals surface area (Å²) >= 11 is 0. The molecule has 0 radical (unpaired) electrons. The Morgan fingerprint density at radius 3 is 2.72 bits per heavy atom. The molecule has 8 nitrogen and oxygen atoms in total. The number of rotatable bonds is 8. The van der Waals surface area contributed by atoms with Gasteiger partial charge in [-0.25, -0.2) is 18.7 Å². The summed E-state index contributed by atoms with van der Waals surface area (Å²) in [4.78, 5) is 15.0. The molecule has 1 aliphatic rings. The molecule has 1 aliphatic heterocycles. The number of pyridine rings is 1. The van der Waals surface area contributed by atoms with Crippen LogP contribution in [0.5, 0.6) is 5.75 Å². The summed E-state index contributed by atoms with van der Waals surface area (Å²) in [5.41, 5.74) is 2.80. The highest BCUT2D eigenvalue weighted by molar-refractivity contribution is 5.95. The molecule has 0 saturated carbocycles. The minimum absolute atomic E-state index is 0.0731.